The van der Waals surface area contributed by atoms with Crippen molar-refractivity contribution >= 4 is 0 Å². The molecule has 2 heteroatoms. The van der Waals surface area contributed by atoms with Crippen LogP contribution < -0.4 is 5.32 Å². The van der Waals surface area contributed by atoms with E-state index in [2.05, 4.69) is 33.0 Å². The van der Waals surface area contributed by atoms with Crippen LogP contribution >= 0.6 is 0 Å². The fourth-order valence-electron chi connectivity index (χ4n) is 1.70. The molecule has 15 heavy (non-hydrogen) atoms. The zero-order valence-electron chi connectivity index (χ0n) is 10.8. The van der Waals surface area contributed by atoms with Crippen LogP contribution in [0.5, 0.6) is 0 Å². The minimum absolute atomic E-state index is 0.387. The largest absolute Gasteiger partial charge is 0.382 e. The van der Waals surface area contributed by atoms with Crippen molar-refractivity contribution < 1.29 is 4.74 Å². The van der Waals surface area contributed by atoms with E-state index in [0.29, 0.717) is 11.3 Å². The molecular weight excluding hydrogens is 186 g/mol. The predicted molar refractivity (Wildman–Crippen MR) is 65.1 cm³/mol. The Morgan fingerprint density at radius 1 is 1.40 bits per heavy atom. The molecule has 0 heterocycles. The van der Waals surface area contributed by atoms with E-state index >= 15 is 0 Å². The third-order valence-electron chi connectivity index (χ3n) is 3.79. The van der Waals surface area contributed by atoms with Crippen molar-refractivity contribution in [3.8, 4) is 0 Å². The average Bonchev–Trinajstić information content (AvgIpc) is 2.98. The first-order valence-corrected chi connectivity index (χ1v) is 6.39. The number of hydrogen-bond acceptors (Lipinski definition) is 2. The van der Waals surface area contributed by atoms with Gasteiger partial charge in [-0.2, -0.15) is 0 Å². The number of hydrogen-bond donors (Lipinski definition) is 1. The minimum atomic E-state index is 0.387. The van der Waals surface area contributed by atoms with Gasteiger partial charge in [-0.25, -0.2) is 0 Å². The number of rotatable bonds is 8. The molecule has 0 bridgehead atoms. The van der Waals surface area contributed by atoms with E-state index in [9.17, 15) is 0 Å². The summed E-state index contributed by atoms with van der Waals surface area (Å²) in [6.07, 6.45) is 3.91. The Bertz CT molecular complexity index is 177. The van der Waals surface area contributed by atoms with Crippen LogP contribution in [0.1, 0.15) is 47.0 Å². The topological polar surface area (TPSA) is 21.3 Å². The van der Waals surface area contributed by atoms with Gasteiger partial charge in [0.1, 0.15) is 0 Å². The van der Waals surface area contributed by atoms with Crippen LogP contribution in [-0.4, -0.2) is 25.8 Å². The molecule has 0 amide bonds. The van der Waals surface area contributed by atoms with Gasteiger partial charge in [-0.15, -0.1) is 0 Å². The maximum atomic E-state index is 5.47. The third-order valence-corrected chi connectivity index (χ3v) is 3.79. The molecule has 1 unspecified atom stereocenters. The van der Waals surface area contributed by atoms with Gasteiger partial charge in [-0.05, 0) is 37.5 Å². The summed E-state index contributed by atoms with van der Waals surface area (Å²) in [4.78, 5) is 0. The predicted octanol–water partition coefficient (Wildman–Crippen LogP) is 2.83. The van der Waals surface area contributed by atoms with Gasteiger partial charge >= 0.3 is 0 Å². The Morgan fingerprint density at radius 2 is 2.07 bits per heavy atom. The molecule has 1 aliphatic carbocycles. The second kappa shape index (κ2) is 5.86. The third kappa shape index (κ3) is 4.52. The van der Waals surface area contributed by atoms with E-state index in [4.69, 9.17) is 4.74 Å². The zero-order chi connectivity index (χ0) is 11.3. The van der Waals surface area contributed by atoms with Crippen molar-refractivity contribution in [1.29, 1.82) is 0 Å². The molecule has 90 valence electrons. The molecule has 0 saturated heterocycles. The summed E-state index contributed by atoms with van der Waals surface area (Å²) in [5.74, 6) is 0.712. The highest BCUT2D eigenvalue weighted by atomic mass is 16.5. The molecular formula is C13H27NO. The van der Waals surface area contributed by atoms with Crippen LogP contribution in [0.15, 0.2) is 0 Å². The van der Waals surface area contributed by atoms with Crippen molar-refractivity contribution in [3.63, 3.8) is 0 Å². The summed E-state index contributed by atoms with van der Waals surface area (Å²) in [6.45, 7) is 12.0. The molecule has 0 aromatic heterocycles. The lowest BCUT2D eigenvalue weighted by atomic mass is 9.76. The monoisotopic (exact) mass is 213 g/mol. The van der Waals surface area contributed by atoms with Crippen molar-refractivity contribution in [1.82, 2.24) is 5.32 Å². The summed E-state index contributed by atoms with van der Waals surface area (Å²) < 4.78 is 5.47. The van der Waals surface area contributed by atoms with Crippen molar-refractivity contribution in [3.05, 3.63) is 0 Å². The Kier molecular flexibility index (Phi) is 5.07. The van der Waals surface area contributed by atoms with Crippen molar-refractivity contribution in [2.45, 2.75) is 53.0 Å². The normalized spacial score (nSPS) is 20.6. The SMILES string of the molecule is CCOCCC(C)(CNC1CC1)C(C)C. The molecule has 1 fully saturated rings. The second-order valence-electron chi connectivity index (χ2n) is 5.41. The van der Waals surface area contributed by atoms with Gasteiger partial charge in [0, 0.05) is 25.8 Å². The second-order valence-corrected chi connectivity index (χ2v) is 5.41. The molecule has 1 aliphatic rings. The molecule has 1 atom stereocenters. The molecule has 0 spiro atoms. The highest BCUT2D eigenvalue weighted by Gasteiger charge is 2.30. The van der Waals surface area contributed by atoms with Crippen LogP contribution in [0.3, 0.4) is 0 Å². The Morgan fingerprint density at radius 3 is 2.53 bits per heavy atom. The molecule has 1 rings (SSSR count). The quantitative estimate of drug-likeness (QED) is 0.626. The van der Waals surface area contributed by atoms with Gasteiger partial charge in [-0.1, -0.05) is 20.8 Å². The summed E-state index contributed by atoms with van der Waals surface area (Å²) in [7, 11) is 0. The lowest BCUT2D eigenvalue weighted by Gasteiger charge is -2.34. The maximum absolute atomic E-state index is 5.47. The summed E-state index contributed by atoms with van der Waals surface area (Å²) >= 11 is 0. The van der Waals surface area contributed by atoms with Gasteiger partial charge in [0.05, 0.1) is 0 Å². The Hall–Kier alpha value is -0.0800. The van der Waals surface area contributed by atoms with E-state index in [1.165, 1.54) is 12.8 Å². The molecule has 2 nitrogen and oxygen atoms in total. The Labute approximate surface area is 94.8 Å². The zero-order valence-corrected chi connectivity index (χ0v) is 10.8. The van der Waals surface area contributed by atoms with Crippen molar-refractivity contribution in [2.75, 3.05) is 19.8 Å². The highest BCUT2D eigenvalue weighted by molar-refractivity contribution is 4.87. The van der Waals surface area contributed by atoms with Crippen LogP contribution in [0.25, 0.3) is 0 Å². The molecule has 1 N–H and O–H groups in total. The van der Waals surface area contributed by atoms with Crippen molar-refractivity contribution in [2.24, 2.45) is 11.3 Å². The summed E-state index contributed by atoms with van der Waals surface area (Å²) in [5, 5.41) is 3.65. The van der Waals surface area contributed by atoms with E-state index in [0.717, 1.165) is 32.2 Å². The number of ether oxygens (including phenoxy) is 1. The van der Waals surface area contributed by atoms with Gasteiger partial charge in [-0.3, -0.25) is 0 Å². The molecule has 0 aliphatic heterocycles. The van der Waals surface area contributed by atoms with Crippen LogP contribution in [0.4, 0.5) is 0 Å². The van der Waals surface area contributed by atoms with Gasteiger partial charge < -0.3 is 10.1 Å². The minimum Gasteiger partial charge on any atom is -0.382 e. The maximum Gasteiger partial charge on any atom is 0.0471 e. The smallest absolute Gasteiger partial charge is 0.0471 e. The first-order chi connectivity index (χ1) is 7.08. The molecule has 0 aromatic carbocycles. The first kappa shape index (κ1) is 13.0. The summed E-state index contributed by atoms with van der Waals surface area (Å²) in [5.41, 5.74) is 0.387. The van der Waals surface area contributed by atoms with Gasteiger partial charge in [0.2, 0.25) is 0 Å². The van der Waals surface area contributed by atoms with Crippen LogP contribution in [-0.2, 0) is 4.74 Å². The van der Waals surface area contributed by atoms with E-state index < -0.39 is 0 Å². The van der Waals surface area contributed by atoms with Gasteiger partial charge in [0.15, 0.2) is 0 Å². The average molecular weight is 213 g/mol. The standard InChI is InChI=1S/C13H27NO/c1-5-15-9-8-13(4,11(2)3)10-14-12-6-7-12/h11-12,14H,5-10H2,1-4H3. The van der Waals surface area contributed by atoms with Crippen LogP contribution in [0.2, 0.25) is 0 Å². The molecule has 0 aromatic rings. The van der Waals surface area contributed by atoms with Crippen LogP contribution in [0, 0.1) is 11.3 Å². The summed E-state index contributed by atoms with van der Waals surface area (Å²) in [6, 6.07) is 0.815. The number of nitrogens with one attached hydrogen (secondary N) is 1. The lowest BCUT2D eigenvalue weighted by molar-refractivity contribution is 0.0860. The molecule has 0 radical (unpaired) electrons. The fraction of sp³-hybridized carbons (Fsp3) is 1.00. The Balaban J connectivity index is 2.29. The van der Waals surface area contributed by atoms with E-state index in [1.54, 1.807) is 0 Å². The fourth-order valence-corrected chi connectivity index (χ4v) is 1.70. The van der Waals surface area contributed by atoms with Gasteiger partial charge in [0.25, 0.3) is 0 Å². The first-order valence-electron chi connectivity index (χ1n) is 6.39. The van der Waals surface area contributed by atoms with E-state index in [1.807, 2.05) is 0 Å². The highest BCUT2D eigenvalue weighted by Crippen LogP contribution is 2.31. The molecule has 1 saturated carbocycles. The van der Waals surface area contributed by atoms with E-state index in [-0.39, 0.29) is 0 Å². The lowest BCUT2D eigenvalue weighted by Crippen LogP contribution is -2.38.